The van der Waals surface area contributed by atoms with Crippen LogP contribution in [-0.4, -0.2) is 65.5 Å². The zero-order valence-corrected chi connectivity index (χ0v) is 19.8. The highest BCUT2D eigenvalue weighted by Gasteiger charge is 2.36. The van der Waals surface area contributed by atoms with Crippen LogP contribution in [0, 0.1) is 5.82 Å². The lowest BCUT2D eigenvalue weighted by atomic mass is 9.90. The molecule has 1 aliphatic heterocycles. The van der Waals surface area contributed by atoms with Gasteiger partial charge in [-0.25, -0.2) is 9.37 Å². The summed E-state index contributed by atoms with van der Waals surface area (Å²) in [6, 6.07) is 12.9. The number of benzene rings is 2. The molecule has 32 heavy (non-hydrogen) atoms. The van der Waals surface area contributed by atoms with Gasteiger partial charge < -0.3 is 37.8 Å². The minimum absolute atomic E-state index is 0. The van der Waals surface area contributed by atoms with Gasteiger partial charge in [-0.15, -0.1) is 0 Å². The van der Waals surface area contributed by atoms with Gasteiger partial charge in [-0.05, 0) is 12.1 Å². The van der Waals surface area contributed by atoms with Crippen molar-refractivity contribution in [2.24, 2.45) is 0 Å². The van der Waals surface area contributed by atoms with E-state index in [1.165, 1.54) is 12.1 Å². The van der Waals surface area contributed by atoms with Crippen molar-refractivity contribution in [2.75, 3.05) is 39.9 Å². The van der Waals surface area contributed by atoms with Crippen LogP contribution in [0.2, 0.25) is 0 Å². The molecule has 6 nitrogen and oxygen atoms in total. The lowest BCUT2D eigenvalue weighted by Crippen LogP contribution is -3.00. The second kappa shape index (κ2) is 8.84. The molecule has 0 radical (unpaired) electrons. The van der Waals surface area contributed by atoms with Gasteiger partial charge in [0.2, 0.25) is 11.6 Å². The summed E-state index contributed by atoms with van der Waals surface area (Å²) in [6.45, 7) is 4.38. The molecule has 0 amide bonds. The van der Waals surface area contributed by atoms with Crippen LogP contribution in [0.15, 0.2) is 48.5 Å². The first-order chi connectivity index (χ1) is 15.0. The molecule has 166 valence electrons. The molecular weight excluding hydrogens is 524 g/mol. The van der Waals surface area contributed by atoms with Crippen LogP contribution in [0.3, 0.4) is 0 Å². The van der Waals surface area contributed by atoms with Gasteiger partial charge in [-0.1, -0.05) is 36.4 Å². The number of hydrogen-bond acceptors (Lipinski definition) is 4. The summed E-state index contributed by atoms with van der Waals surface area (Å²) in [5, 5.41) is 0. The van der Waals surface area contributed by atoms with E-state index in [9.17, 15) is 14.0 Å². The monoisotopic (exact) mass is 547 g/mol. The average Bonchev–Trinajstić information content (AvgIpc) is 3.17. The average molecular weight is 547 g/mol. The quantitative estimate of drug-likeness (QED) is 0.266. The van der Waals surface area contributed by atoms with Crippen molar-refractivity contribution in [3.05, 3.63) is 76.9 Å². The Kier molecular flexibility index (Phi) is 6.28. The Morgan fingerprint density at radius 1 is 1.03 bits per heavy atom. The van der Waals surface area contributed by atoms with Crippen molar-refractivity contribution in [3.63, 3.8) is 0 Å². The first kappa shape index (κ1) is 22.8. The predicted octanol–water partition coefficient (Wildman–Crippen LogP) is -0.0546. The number of nitrogens with zero attached hydrogens (tertiary/aromatic N) is 3. The van der Waals surface area contributed by atoms with Crippen molar-refractivity contribution in [1.29, 1.82) is 0 Å². The third kappa shape index (κ3) is 3.91. The molecule has 1 saturated heterocycles. The molecule has 1 fully saturated rings. The molecule has 1 aromatic heterocycles. The molecule has 3 aromatic rings. The lowest BCUT2D eigenvalue weighted by molar-refractivity contribution is -0.917. The smallest absolute Gasteiger partial charge is 0.214 e. The summed E-state index contributed by atoms with van der Waals surface area (Å²) >= 11 is 0. The van der Waals surface area contributed by atoms with Gasteiger partial charge in [0.15, 0.2) is 0 Å². The number of ketones is 2. The minimum Gasteiger partial charge on any atom is -1.00 e. The summed E-state index contributed by atoms with van der Waals surface area (Å²) in [6.07, 6.45) is 0. The highest BCUT2D eigenvalue weighted by atomic mass is 127. The van der Waals surface area contributed by atoms with Gasteiger partial charge in [0, 0.05) is 16.7 Å². The number of morpholine rings is 1. The highest BCUT2D eigenvalue weighted by molar-refractivity contribution is 6.27. The van der Waals surface area contributed by atoms with Crippen LogP contribution in [0.25, 0.3) is 11.4 Å². The number of likely N-dealkylation sites (N-methyl/N-ethyl adjacent to an activating group) is 1. The Hall–Kier alpha value is -2.43. The first-order valence-electron chi connectivity index (χ1n) is 10.4. The number of halogens is 2. The number of hydrogen-bond donors (Lipinski definition) is 0. The van der Waals surface area contributed by atoms with E-state index in [1.54, 1.807) is 41.0 Å². The van der Waals surface area contributed by atoms with E-state index in [0.717, 1.165) is 24.1 Å². The molecule has 5 rings (SSSR count). The van der Waals surface area contributed by atoms with Gasteiger partial charge >= 0.3 is 0 Å². The van der Waals surface area contributed by atoms with E-state index in [4.69, 9.17) is 4.74 Å². The Morgan fingerprint density at radius 3 is 2.41 bits per heavy atom. The van der Waals surface area contributed by atoms with Gasteiger partial charge in [-0.2, -0.15) is 0 Å². The summed E-state index contributed by atoms with van der Waals surface area (Å²) in [7, 11) is 2.16. The van der Waals surface area contributed by atoms with E-state index < -0.39 is 5.82 Å². The highest BCUT2D eigenvalue weighted by Crippen LogP contribution is 2.32. The van der Waals surface area contributed by atoms with Gasteiger partial charge in [0.1, 0.15) is 36.1 Å². The fourth-order valence-electron chi connectivity index (χ4n) is 4.39. The Labute approximate surface area is 202 Å². The molecule has 2 heterocycles. The number of imidazole rings is 1. The molecule has 2 aromatic carbocycles. The number of quaternary nitrogens is 1. The van der Waals surface area contributed by atoms with Crippen molar-refractivity contribution in [3.8, 4) is 11.4 Å². The molecule has 8 heteroatoms. The molecule has 0 unspecified atom stereocenters. The van der Waals surface area contributed by atoms with Crippen LogP contribution in [0.5, 0.6) is 0 Å². The predicted molar refractivity (Wildman–Crippen MR) is 113 cm³/mol. The van der Waals surface area contributed by atoms with Gasteiger partial charge in [0.05, 0.1) is 33.4 Å². The van der Waals surface area contributed by atoms with Crippen LogP contribution in [-0.2, 0) is 11.3 Å². The maximum absolute atomic E-state index is 14.0. The zero-order chi connectivity index (χ0) is 21.6. The summed E-state index contributed by atoms with van der Waals surface area (Å²) < 4.78 is 22.1. The van der Waals surface area contributed by atoms with E-state index >= 15 is 0 Å². The summed E-state index contributed by atoms with van der Waals surface area (Å²) in [4.78, 5) is 31.1. The topological polar surface area (TPSA) is 61.2 Å². The van der Waals surface area contributed by atoms with Crippen LogP contribution in [0.1, 0.15) is 32.1 Å². The SMILES string of the molecule is C[N+]1(CCn2c(-c3cccc(F)c3)nc3c2C(=O)c2ccccc2C3=O)CCOCC1.[I-]. The third-order valence-electron chi connectivity index (χ3n) is 6.31. The molecule has 0 saturated carbocycles. The zero-order valence-electron chi connectivity index (χ0n) is 17.7. The summed E-state index contributed by atoms with van der Waals surface area (Å²) in [5.74, 6) is -0.435. The molecule has 0 N–H and O–H groups in total. The maximum atomic E-state index is 14.0. The number of carbonyl (C=O) groups excluding carboxylic acids is 2. The molecule has 0 spiro atoms. The van der Waals surface area contributed by atoms with Crippen molar-refractivity contribution in [1.82, 2.24) is 9.55 Å². The fraction of sp³-hybridized carbons (Fsp3) is 0.292. The fourth-order valence-corrected chi connectivity index (χ4v) is 4.39. The standard InChI is InChI=1S/C24H23FN3O3.HI/c1-28(11-13-31-14-12-28)10-9-27-21-20(26-24(27)16-5-4-6-17(25)15-16)22(29)18-7-2-3-8-19(18)23(21)30;/h2-8,15H,9-14H2,1H3;1H/q+1;/p-1. The molecular formula is C24H23FIN3O3. The minimum atomic E-state index is -0.391. The molecule has 2 aliphatic rings. The van der Waals surface area contributed by atoms with Crippen LogP contribution in [0.4, 0.5) is 4.39 Å². The number of aromatic nitrogens is 2. The molecule has 0 atom stereocenters. The van der Waals surface area contributed by atoms with E-state index in [1.807, 2.05) is 0 Å². The van der Waals surface area contributed by atoms with Crippen molar-refractivity contribution < 1.29 is 47.2 Å². The number of fused-ring (bicyclic) bond motifs is 2. The second-order valence-electron chi connectivity index (χ2n) is 8.40. The van der Waals surface area contributed by atoms with Crippen LogP contribution >= 0.6 is 0 Å². The first-order valence-corrected chi connectivity index (χ1v) is 10.4. The molecule has 0 bridgehead atoms. The van der Waals surface area contributed by atoms with Crippen LogP contribution < -0.4 is 24.0 Å². The van der Waals surface area contributed by atoms with Crippen molar-refractivity contribution >= 4 is 11.6 Å². The Morgan fingerprint density at radius 2 is 1.72 bits per heavy atom. The van der Waals surface area contributed by atoms with E-state index in [2.05, 4.69) is 12.0 Å². The largest absolute Gasteiger partial charge is 1.00 e. The van der Waals surface area contributed by atoms with Gasteiger partial charge in [-0.3, -0.25) is 9.59 Å². The maximum Gasteiger partial charge on any atom is 0.214 e. The number of carbonyl (C=O) groups is 2. The Balaban J connectivity index is 0.00000245. The third-order valence-corrected chi connectivity index (χ3v) is 6.31. The normalized spacial score (nSPS) is 16.8. The Bertz CT molecular complexity index is 1200. The second-order valence-corrected chi connectivity index (χ2v) is 8.40. The number of ether oxygens (including phenoxy) is 1. The number of rotatable bonds is 4. The van der Waals surface area contributed by atoms with Crippen molar-refractivity contribution in [2.45, 2.75) is 6.54 Å². The molecule has 1 aliphatic carbocycles. The van der Waals surface area contributed by atoms with Gasteiger partial charge in [0.25, 0.3) is 0 Å². The van der Waals surface area contributed by atoms with E-state index in [-0.39, 0.29) is 41.2 Å². The lowest BCUT2D eigenvalue weighted by Gasteiger charge is -2.37. The summed E-state index contributed by atoms with van der Waals surface area (Å²) in [5.41, 5.74) is 1.74. The van der Waals surface area contributed by atoms with E-state index in [0.29, 0.717) is 48.0 Å².